The first-order valence-electron chi connectivity index (χ1n) is 7.06. The lowest BCUT2D eigenvalue weighted by atomic mass is 9.94. The minimum atomic E-state index is -0.644. The summed E-state index contributed by atoms with van der Waals surface area (Å²) in [7, 11) is 0. The summed E-state index contributed by atoms with van der Waals surface area (Å²) in [6, 6.07) is 7.91. The van der Waals surface area contributed by atoms with Gasteiger partial charge in [0.05, 0.1) is 5.60 Å². The zero-order valence-electron chi connectivity index (χ0n) is 11.8. The molecule has 110 valence electrons. The molecule has 20 heavy (non-hydrogen) atoms. The van der Waals surface area contributed by atoms with E-state index in [1.165, 1.54) is 0 Å². The van der Waals surface area contributed by atoms with Crippen molar-refractivity contribution in [1.29, 1.82) is 0 Å². The van der Waals surface area contributed by atoms with Crippen molar-refractivity contribution < 1.29 is 14.6 Å². The summed E-state index contributed by atoms with van der Waals surface area (Å²) < 4.78 is 10.9. The van der Waals surface area contributed by atoms with E-state index in [1.807, 2.05) is 24.3 Å². The maximum atomic E-state index is 10.4. The number of hydrogen-bond acceptors (Lipinski definition) is 4. The molecule has 0 amide bonds. The van der Waals surface area contributed by atoms with Gasteiger partial charge in [0.25, 0.3) is 0 Å². The Kier molecular flexibility index (Phi) is 5.59. The third-order valence-electron chi connectivity index (χ3n) is 3.52. The van der Waals surface area contributed by atoms with E-state index >= 15 is 0 Å². The largest absolute Gasteiger partial charge is 0.489 e. The van der Waals surface area contributed by atoms with Crippen molar-refractivity contribution in [3.8, 4) is 5.75 Å². The van der Waals surface area contributed by atoms with E-state index in [9.17, 15) is 5.11 Å². The summed E-state index contributed by atoms with van der Waals surface area (Å²) in [4.78, 5) is 0. The van der Waals surface area contributed by atoms with Gasteiger partial charge >= 0.3 is 0 Å². The maximum absolute atomic E-state index is 10.4. The van der Waals surface area contributed by atoms with Gasteiger partial charge in [0.15, 0.2) is 0 Å². The number of nitrogens with one attached hydrogen (secondary N) is 1. The molecule has 0 aromatic heterocycles. The number of para-hydroxylation sites is 1. The molecular formula is C16H23NO3. The van der Waals surface area contributed by atoms with Gasteiger partial charge in [-0.1, -0.05) is 30.9 Å². The minimum absolute atomic E-state index is 0.498. The monoisotopic (exact) mass is 277 g/mol. The quantitative estimate of drug-likeness (QED) is 0.747. The molecule has 1 aliphatic heterocycles. The molecule has 1 aromatic carbocycles. The molecule has 4 heteroatoms. The Morgan fingerprint density at radius 2 is 2.10 bits per heavy atom. The lowest BCUT2D eigenvalue weighted by molar-refractivity contribution is -0.0617. The van der Waals surface area contributed by atoms with Crippen LogP contribution in [0.1, 0.15) is 18.4 Å². The molecule has 4 nitrogen and oxygen atoms in total. The van der Waals surface area contributed by atoms with Crippen molar-refractivity contribution in [3.05, 3.63) is 42.5 Å². The van der Waals surface area contributed by atoms with E-state index < -0.39 is 5.60 Å². The molecule has 0 radical (unpaired) electrons. The van der Waals surface area contributed by atoms with Crippen LogP contribution in [0.25, 0.3) is 0 Å². The van der Waals surface area contributed by atoms with Crippen LogP contribution in [0.4, 0.5) is 0 Å². The second-order valence-electron chi connectivity index (χ2n) is 5.15. The number of ether oxygens (including phenoxy) is 2. The van der Waals surface area contributed by atoms with Crippen molar-refractivity contribution in [2.45, 2.75) is 25.0 Å². The predicted molar refractivity (Wildman–Crippen MR) is 78.8 cm³/mol. The van der Waals surface area contributed by atoms with E-state index in [-0.39, 0.29) is 0 Å². The highest BCUT2D eigenvalue weighted by Gasteiger charge is 2.29. The molecule has 0 saturated carbocycles. The average molecular weight is 277 g/mol. The van der Waals surface area contributed by atoms with Crippen LogP contribution in [0.5, 0.6) is 5.75 Å². The van der Waals surface area contributed by atoms with Crippen molar-refractivity contribution in [3.63, 3.8) is 0 Å². The Morgan fingerprint density at radius 1 is 1.35 bits per heavy atom. The van der Waals surface area contributed by atoms with Gasteiger partial charge in [0.1, 0.15) is 12.4 Å². The van der Waals surface area contributed by atoms with Gasteiger partial charge in [0.2, 0.25) is 0 Å². The molecule has 1 fully saturated rings. The molecule has 1 aliphatic rings. The van der Waals surface area contributed by atoms with Crippen molar-refractivity contribution in [2.24, 2.45) is 0 Å². The topological polar surface area (TPSA) is 50.7 Å². The predicted octanol–water partition coefficient (Wildman–Crippen LogP) is 1.88. The van der Waals surface area contributed by atoms with Gasteiger partial charge in [-0.2, -0.15) is 0 Å². The van der Waals surface area contributed by atoms with E-state index in [4.69, 9.17) is 9.47 Å². The minimum Gasteiger partial charge on any atom is -0.489 e. The lowest BCUT2D eigenvalue weighted by Gasteiger charge is -2.32. The standard InChI is InChI=1S/C16H23NO3/c1-2-9-20-15-6-4-3-5-14(15)12-17-13-16(18)7-10-19-11-8-16/h2-6,17-18H,1,7-13H2. The van der Waals surface area contributed by atoms with Gasteiger partial charge in [0, 0.05) is 44.7 Å². The molecule has 0 atom stereocenters. The third kappa shape index (κ3) is 4.34. The smallest absolute Gasteiger partial charge is 0.124 e. The molecule has 0 unspecified atom stereocenters. The fourth-order valence-electron chi connectivity index (χ4n) is 2.30. The number of aliphatic hydroxyl groups is 1. The van der Waals surface area contributed by atoms with Crippen molar-refractivity contribution in [1.82, 2.24) is 5.32 Å². The summed E-state index contributed by atoms with van der Waals surface area (Å²) in [6.45, 7) is 6.68. The van der Waals surface area contributed by atoms with Crippen LogP contribution >= 0.6 is 0 Å². The van der Waals surface area contributed by atoms with E-state index in [0.29, 0.717) is 45.8 Å². The Labute approximate surface area is 120 Å². The zero-order valence-corrected chi connectivity index (χ0v) is 11.8. The third-order valence-corrected chi connectivity index (χ3v) is 3.52. The van der Waals surface area contributed by atoms with Crippen LogP contribution in [0.2, 0.25) is 0 Å². The molecule has 2 N–H and O–H groups in total. The van der Waals surface area contributed by atoms with Crippen LogP contribution in [0.15, 0.2) is 36.9 Å². The second-order valence-corrected chi connectivity index (χ2v) is 5.15. The Balaban J connectivity index is 1.85. The van der Waals surface area contributed by atoms with Crippen LogP contribution in [0, 0.1) is 0 Å². The molecule has 1 saturated heterocycles. The van der Waals surface area contributed by atoms with E-state index in [1.54, 1.807) is 6.08 Å². The fourth-order valence-corrected chi connectivity index (χ4v) is 2.30. The molecular weight excluding hydrogens is 254 g/mol. The Morgan fingerprint density at radius 3 is 2.85 bits per heavy atom. The summed E-state index contributed by atoms with van der Waals surface area (Å²) in [5.41, 5.74) is 0.444. The highest BCUT2D eigenvalue weighted by Crippen LogP contribution is 2.21. The highest BCUT2D eigenvalue weighted by atomic mass is 16.5. The van der Waals surface area contributed by atoms with Gasteiger partial charge in [-0.25, -0.2) is 0 Å². The number of rotatable bonds is 7. The Hall–Kier alpha value is -1.36. The first-order valence-corrected chi connectivity index (χ1v) is 7.06. The van der Waals surface area contributed by atoms with E-state index in [2.05, 4.69) is 11.9 Å². The molecule has 1 heterocycles. The number of hydrogen-bond donors (Lipinski definition) is 2. The molecule has 2 rings (SSSR count). The van der Waals surface area contributed by atoms with Crippen LogP contribution < -0.4 is 10.1 Å². The summed E-state index contributed by atoms with van der Waals surface area (Å²) >= 11 is 0. The molecule has 0 spiro atoms. The van der Waals surface area contributed by atoms with Crippen molar-refractivity contribution in [2.75, 3.05) is 26.4 Å². The number of benzene rings is 1. The molecule has 0 aliphatic carbocycles. The van der Waals surface area contributed by atoms with E-state index in [0.717, 1.165) is 11.3 Å². The van der Waals surface area contributed by atoms with Gasteiger partial charge in [-0.3, -0.25) is 0 Å². The summed E-state index contributed by atoms with van der Waals surface area (Å²) in [5.74, 6) is 0.860. The summed E-state index contributed by atoms with van der Waals surface area (Å²) in [6.07, 6.45) is 3.11. The zero-order chi connectivity index (χ0) is 14.3. The van der Waals surface area contributed by atoms with Crippen LogP contribution in [0.3, 0.4) is 0 Å². The second kappa shape index (κ2) is 7.43. The normalized spacial score (nSPS) is 17.6. The Bertz CT molecular complexity index is 427. The van der Waals surface area contributed by atoms with Crippen LogP contribution in [-0.2, 0) is 11.3 Å². The first kappa shape index (κ1) is 15.0. The van der Waals surface area contributed by atoms with Gasteiger partial charge in [-0.05, 0) is 6.07 Å². The first-order chi connectivity index (χ1) is 9.73. The lowest BCUT2D eigenvalue weighted by Crippen LogP contribution is -2.44. The highest BCUT2D eigenvalue weighted by molar-refractivity contribution is 5.33. The van der Waals surface area contributed by atoms with Gasteiger partial charge < -0.3 is 19.9 Å². The maximum Gasteiger partial charge on any atom is 0.124 e. The van der Waals surface area contributed by atoms with Crippen molar-refractivity contribution >= 4 is 0 Å². The fraction of sp³-hybridized carbons (Fsp3) is 0.500. The molecule has 1 aromatic rings. The SMILES string of the molecule is C=CCOc1ccccc1CNCC1(O)CCOCC1. The van der Waals surface area contributed by atoms with Crippen LogP contribution in [-0.4, -0.2) is 37.1 Å². The average Bonchev–Trinajstić information content (AvgIpc) is 2.47. The summed E-state index contributed by atoms with van der Waals surface area (Å²) in [5, 5.41) is 13.7. The van der Waals surface area contributed by atoms with Gasteiger partial charge in [-0.15, -0.1) is 0 Å². The molecule has 0 bridgehead atoms.